The van der Waals surface area contributed by atoms with Gasteiger partial charge in [-0.3, -0.25) is 0 Å². The fourth-order valence-electron chi connectivity index (χ4n) is 1.75. The number of rotatable bonds is 4. The molecule has 3 aromatic heterocycles. The summed E-state index contributed by atoms with van der Waals surface area (Å²) in [5.74, 6) is -0.120. The lowest BCUT2D eigenvalue weighted by Crippen LogP contribution is -2.08. The molecule has 0 aliphatic rings. The summed E-state index contributed by atoms with van der Waals surface area (Å²) >= 11 is 0. The van der Waals surface area contributed by atoms with Crippen LogP contribution in [0, 0.1) is 0 Å². The van der Waals surface area contributed by atoms with Gasteiger partial charge in [-0.25, -0.2) is 29.7 Å². The molecule has 8 nitrogen and oxygen atoms in total. The van der Waals surface area contributed by atoms with Gasteiger partial charge < -0.3 is 9.47 Å². The van der Waals surface area contributed by atoms with Crippen LogP contribution in [0.2, 0.25) is 0 Å². The molecule has 110 valence electrons. The number of nitrogens with zero attached hydrogens (tertiary/aromatic N) is 5. The van der Waals surface area contributed by atoms with Crippen LogP contribution in [0.1, 0.15) is 16.1 Å². The molecular formula is C14H11N5O3. The number of esters is 1. The number of pyridine rings is 1. The second-order valence-corrected chi connectivity index (χ2v) is 4.27. The first-order valence-electron chi connectivity index (χ1n) is 6.35. The van der Waals surface area contributed by atoms with E-state index in [0.717, 1.165) is 5.56 Å². The molecule has 0 saturated heterocycles. The van der Waals surface area contributed by atoms with Crippen LogP contribution in [0.4, 0.5) is 0 Å². The van der Waals surface area contributed by atoms with Crippen molar-refractivity contribution in [2.24, 2.45) is 0 Å². The van der Waals surface area contributed by atoms with Gasteiger partial charge in [0.1, 0.15) is 18.5 Å². The van der Waals surface area contributed by atoms with Crippen LogP contribution in [0.25, 0.3) is 11.2 Å². The predicted octanol–water partition coefficient (Wildman–Crippen LogP) is 1.18. The number of methoxy groups -OCH3 is 1. The van der Waals surface area contributed by atoms with E-state index in [1.165, 1.54) is 25.8 Å². The third-order valence-corrected chi connectivity index (χ3v) is 2.81. The molecule has 3 aromatic rings. The van der Waals surface area contributed by atoms with E-state index in [2.05, 4.69) is 24.9 Å². The summed E-state index contributed by atoms with van der Waals surface area (Å²) in [7, 11) is 1.52. The Morgan fingerprint density at radius 1 is 1.23 bits per heavy atom. The fourth-order valence-corrected chi connectivity index (χ4v) is 1.75. The topological polar surface area (TPSA) is 100.0 Å². The molecule has 0 amide bonds. The van der Waals surface area contributed by atoms with Crippen LogP contribution in [0.15, 0.2) is 37.1 Å². The van der Waals surface area contributed by atoms with E-state index >= 15 is 0 Å². The van der Waals surface area contributed by atoms with Gasteiger partial charge in [-0.05, 0) is 11.6 Å². The Balaban J connectivity index is 1.72. The number of carbonyl (C=O) groups excluding carboxylic acids is 1. The minimum absolute atomic E-state index is 0.0860. The quantitative estimate of drug-likeness (QED) is 0.662. The van der Waals surface area contributed by atoms with Crippen molar-refractivity contribution in [3.63, 3.8) is 0 Å². The third kappa shape index (κ3) is 2.95. The third-order valence-electron chi connectivity index (χ3n) is 2.81. The average Bonchev–Trinajstić information content (AvgIpc) is 2.59. The lowest BCUT2D eigenvalue weighted by molar-refractivity contribution is 0.0465. The maximum Gasteiger partial charge on any atom is 0.358 e. The Bertz CT molecular complexity index is 824. The second kappa shape index (κ2) is 6.08. The summed E-state index contributed by atoms with van der Waals surface area (Å²) in [5, 5.41) is 0. The number of carbonyl (C=O) groups is 1. The van der Waals surface area contributed by atoms with Gasteiger partial charge in [0, 0.05) is 12.3 Å². The Hall–Kier alpha value is -3.16. The number of hydrogen-bond acceptors (Lipinski definition) is 8. The maximum absolute atomic E-state index is 12.0. The molecule has 8 heteroatoms. The highest BCUT2D eigenvalue weighted by molar-refractivity contribution is 5.88. The van der Waals surface area contributed by atoms with Gasteiger partial charge >= 0.3 is 5.97 Å². The smallest absolute Gasteiger partial charge is 0.358 e. The van der Waals surface area contributed by atoms with Gasteiger partial charge in [-0.2, -0.15) is 0 Å². The van der Waals surface area contributed by atoms with Crippen LogP contribution in [-0.2, 0) is 11.3 Å². The molecular weight excluding hydrogens is 286 g/mol. The van der Waals surface area contributed by atoms with Crippen molar-refractivity contribution in [3.05, 3.63) is 48.3 Å². The van der Waals surface area contributed by atoms with Crippen LogP contribution in [-0.4, -0.2) is 38.0 Å². The van der Waals surface area contributed by atoms with Crippen LogP contribution in [0.5, 0.6) is 5.88 Å². The number of aromatic nitrogens is 5. The first-order chi connectivity index (χ1) is 10.8. The minimum Gasteiger partial charge on any atom is -0.481 e. The Kier molecular flexibility index (Phi) is 3.82. The summed E-state index contributed by atoms with van der Waals surface area (Å²) < 4.78 is 10.2. The van der Waals surface area contributed by atoms with Gasteiger partial charge in [0.05, 0.1) is 19.5 Å². The highest BCUT2D eigenvalue weighted by Crippen LogP contribution is 2.11. The first-order valence-corrected chi connectivity index (χ1v) is 6.35. The molecule has 0 N–H and O–H groups in total. The van der Waals surface area contributed by atoms with E-state index in [-0.39, 0.29) is 12.3 Å². The summed E-state index contributed by atoms with van der Waals surface area (Å²) in [6.45, 7) is 0.0860. The number of ether oxygens (including phenoxy) is 2. The zero-order valence-electron chi connectivity index (χ0n) is 11.6. The van der Waals surface area contributed by atoms with Gasteiger partial charge in [-0.15, -0.1) is 0 Å². The van der Waals surface area contributed by atoms with Crippen LogP contribution < -0.4 is 4.74 Å². The Morgan fingerprint density at radius 2 is 2.14 bits per heavy atom. The van der Waals surface area contributed by atoms with E-state index in [9.17, 15) is 4.79 Å². The predicted molar refractivity (Wildman–Crippen MR) is 75.0 cm³/mol. The summed E-state index contributed by atoms with van der Waals surface area (Å²) in [6.07, 6.45) is 5.76. The molecule has 0 spiro atoms. The summed E-state index contributed by atoms with van der Waals surface area (Å²) in [5.41, 5.74) is 1.72. The molecule has 0 aliphatic heterocycles. The first kappa shape index (κ1) is 13.8. The van der Waals surface area contributed by atoms with Gasteiger partial charge in [0.2, 0.25) is 5.88 Å². The normalized spacial score (nSPS) is 10.4. The standard InChI is InChI=1S/C14H11N5O3/c1-21-12-4-9(2-3-16-12)7-22-14(20)11-6-17-13-10(19-11)5-15-8-18-13/h2-6,8H,7H2,1H3. The van der Waals surface area contributed by atoms with Crippen molar-refractivity contribution in [1.82, 2.24) is 24.9 Å². The van der Waals surface area contributed by atoms with E-state index in [1.807, 2.05) is 0 Å². The SMILES string of the molecule is COc1cc(COC(=O)c2cnc3ncncc3n2)ccn1. The van der Waals surface area contributed by atoms with Crippen LogP contribution >= 0.6 is 0 Å². The van der Waals surface area contributed by atoms with Crippen molar-refractivity contribution in [3.8, 4) is 5.88 Å². The summed E-state index contributed by atoms with van der Waals surface area (Å²) in [4.78, 5) is 31.9. The second-order valence-electron chi connectivity index (χ2n) is 4.27. The molecule has 22 heavy (non-hydrogen) atoms. The molecule has 3 heterocycles. The van der Waals surface area contributed by atoms with Crippen molar-refractivity contribution < 1.29 is 14.3 Å². The molecule has 0 unspecified atom stereocenters. The highest BCUT2D eigenvalue weighted by Gasteiger charge is 2.11. The minimum atomic E-state index is -0.575. The zero-order valence-corrected chi connectivity index (χ0v) is 11.6. The van der Waals surface area contributed by atoms with Crippen LogP contribution in [0.3, 0.4) is 0 Å². The van der Waals surface area contributed by atoms with Gasteiger partial charge in [-0.1, -0.05) is 0 Å². The molecule has 0 radical (unpaired) electrons. The van der Waals surface area contributed by atoms with Gasteiger partial charge in [0.25, 0.3) is 0 Å². The molecule has 0 aromatic carbocycles. The fraction of sp³-hybridized carbons (Fsp3) is 0.143. The Labute approximate surface area is 125 Å². The molecule has 3 rings (SSSR count). The lowest BCUT2D eigenvalue weighted by atomic mass is 10.3. The number of fused-ring (bicyclic) bond motifs is 1. The van der Waals surface area contributed by atoms with Crippen molar-refractivity contribution in [1.29, 1.82) is 0 Å². The van der Waals surface area contributed by atoms with E-state index in [0.29, 0.717) is 17.0 Å². The molecule has 0 saturated carbocycles. The maximum atomic E-state index is 12.0. The van der Waals surface area contributed by atoms with Crippen molar-refractivity contribution in [2.75, 3.05) is 7.11 Å². The van der Waals surface area contributed by atoms with Crippen molar-refractivity contribution in [2.45, 2.75) is 6.61 Å². The van der Waals surface area contributed by atoms with E-state index in [4.69, 9.17) is 9.47 Å². The average molecular weight is 297 g/mol. The molecule has 0 bridgehead atoms. The summed E-state index contributed by atoms with van der Waals surface area (Å²) in [6, 6.07) is 3.42. The molecule has 0 fully saturated rings. The van der Waals surface area contributed by atoms with Gasteiger partial charge in [0.15, 0.2) is 11.3 Å². The molecule has 0 aliphatic carbocycles. The lowest BCUT2D eigenvalue weighted by Gasteiger charge is -2.05. The number of hydrogen-bond donors (Lipinski definition) is 0. The highest BCUT2D eigenvalue weighted by atomic mass is 16.5. The Morgan fingerprint density at radius 3 is 3.00 bits per heavy atom. The van der Waals surface area contributed by atoms with Crippen molar-refractivity contribution >= 4 is 17.1 Å². The zero-order chi connectivity index (χ0) is 15.4. The largest absolute Gasteiger partial charge is 0.481 e. The molecule has 0 atom stereocenters. The van der Waals surface area contributed by atoms with E-state index in [1.54, 1.807) is 18.3 Å². The van der Waals surface area contributed by atoms with E-state index < -0.39 is 5.97 Å². The monoisotopic (exact) mass is 297 g/mol.